The number of anilines is 2. The van der Waals surface area contributed by atoms with E-state index in [-0.39, 0.29) is 11.4 Å². The molecule has 2 N–H and O–H groups in total. The number of halogens is 3. The van der Waals surface area contributed by atoms with E-state index in [4.69, 9.17) is 0 Å². The highest BCUT2D eigenvalue weighted by Gasteiger charge is 2.32. The quantitative estimate of drug-likeness (QED) is 0.832. The van der Waals surface area contributed by atoms with Gasteiger partial charge in [-0.05, 0) is 43.5 Å². The van der Waals surface area contributed by atoms with Crippen molar-refractivity contribution in [1.82, 2.24) is 10.2 Å². The van der Waals surface area contributed by atoms with Crippen molar-refractivity contribution < 1.29 is 18.0 Å². The lowest BCUT2D eigenvalue weighted by atomic mass is 10.1. The first-order valence-corrected chi connectivity index (χ1v) is 8.70. The van der Waals surface area contributed by atoms with Crippen LogP contribution < -0.4 is 10.2 Å². The number of hydrogen-bond acceptors (Lipinski definition) is 3. The minimum Gasteiger partial charge on any atom is -0.370 e. The first kappa shape index (κ1) is 18.3. The molecule has 1 aromatic heterocycles. The molecule has 1 aromatic carbocycles. The number of carbonyl (C=O) groups is 1. The topological polar surface area (TPSA) is 61.0 Å². The molecule has 140 valence electrons. The van der Waals surface area contributed by atoms with E-state index < -0.39 is 17.6 Å². The van der Waals surface area contributed by atoms with Crippen LogP contribution in [-0.2, 0) is 12.6 Å². The van der Waals surface area contributed by atoms with E-state index in [9.17, 15) is 18.0 Å². The van der Waals surface area contributed by atoms with Crippen molar-refractivity contribution in [3.05, 3.63) is 41.2 Å². The zero-order valence-electron chi connectivity index (χ0n) is 14.5. The second kappa shape index (κ2) is 7.39. The van der Waals surface area contributed by atoms with Gasteiger partial charge in [-0.2, -0.15) is 18.3 Å². The molecule has 1 saturated heterocycles. The van der Waals surface area contributed by atoms with E-state index in [1.807, 2.05) is 11.8 Å². The predicted molar refractivity (Wildman–Crippen MR) is 93.4 cm³/mol. The summed E-state index contributed by atoms with van der Waals surface area (Å²) in [5.41, 5.74) is 0.962. The standard InChI is InChI=1S/C18H21F3N4O/c1-2-5-13-11-15(24-23-13)17(26)22-14-10-12(18(19,20)21)6-7-16(14)25-8-3-4-9-25/h6-7,10-11H,2-5,8-9H2,1H3,(H,22,26)(H,23,24). The van der Waals surface area contributed by atoms with Crippen molar-refractivity contribution in [2.24, 2.45) is 0 Å². The summed E-state index contributed by atoms with van der Waals surface area (Å²) in [4.78, 5) is 14.5. The molecule has 1 aliphatic rings. The number of H-pyrrole nitrogens is 1. The summed E-state index contributed by atoms with van der Waals surface area (Å²) in [5, 5.41) is 9.34. The van der Waals surface area contributed by atoms with Gasteiger partial charge in [0.15, 0.2) is 5.69 Å². The smallest absolute Gasteiger partial charge is 0.370 e. The van der Waals surface area contributed by atoms with Crippen molar-refractivity contribution in [2.45, 2.75) is 38.8 Å². The number of rotatable bonds is 5. The molecule has 0 radical (unpaired) electrons. The van der Waals surface area contributed by atoms with Crippen molar-refractivity contribution in [3.63, 3.8) is 0 Å². The first-order valence-electron chi connectivity index (χ1n) is 8.70. The molecule has 1 fully saturated rings. The Labute approximate surface area is 149 Å². The lowest BCUT2D eigenvalue weighted by Gasteiger charge is -2.22. The number of alkyl halides is 3. The van der Waals surface area contributed by atoms with Gasteiger partial charge in [0.2, 0.25) is 0 Å². The molecule has 3 rings (SSSR count). The summed E-state index contributed by atoms with van der Waals surface area (Å²) in [6, 6.07) is 5.10. The SMILES string of the molecule is CCCc1cc(C(=O)Nc2cc(C(F)(F)F)ccc2N2CCCC2)n[nH]1. The highest BCUT2D eigenvalue weighted by molar-refractivity contribution is 6.04. The number of hydrogen-bond donors (Lipinski definition) is 2. The van der Waals surface area contributed by atoms with E-state index in [2.05, 4.69) is 15.5 Å². The predicted octanol–water partition coefficient (Wildman–Crippen LogP) is 4.23. The molecule has 0 saturated carbocycles. The monoisotopic (exact) mass is 366 g/mol. The fourth-order valence-corrected chi connectivity index (χ4v) is 3.11. The minimum atomic E-state index is -4.47. The lowest BCUT2D eigenvalue weighted by molar-refractivity contribution is -0.137. The second-order valence-corrected chi connectivity index (χ2v) is 6.41. The number of aryl methyl sites for hydroxylation is 1. The van der Waals surface area contributed by atoms with Crippen LogP contribution in [0.4, 0.5) is 24.5 Å². The molecule has 2 aromatic rings. The number of nitrogens with zero attached hydrogens (tertiary/aromatic N) is 2. The number of aromatic nitrogens is 2. The van der Waals surface area contributed by atoms with E-state index >= 15 is 0 Å². The van der Waals surface area contributed by atoms with Gasteiger partial charge in [0.05, 0.1) is 16.9 Å². The molecule has 0 unspecified atom stereocenters. The maximum absolute atomic E-state index is 13.1. The fourth-order valence-electron chi connectivity index (χ4n) is 3.11. The third-order valence-corrected chi connectivity index (χ3v) is 4.40. The highest BCUT2D eigenvalue weighted by Crippen LogP contribution is 2.36. The molecular weight excluding hydrogens is 345 g/mol. The largest absolute Gasteiger partial charge is 0.416 e. The summed E-state index contributed by atoms with van der Waals surface area (Å²) in [6.45, 7) is 3.53. The van der Waals surface area contributed by atoms with Crippen molar-refractivity contribution in [1.29, 1.82) is 0 Å². The van der Waals surface area contributed by atoms with E-state index in [0.717, 1.165) is 56.6 Å². The number of carbonyl (C=O) groups excluding carboxylic acids is 1. The van der Waals surface area contributed by atoms with Gasteiger partial charge in [-0.15, -0.1) is 0 Å². The molecule has 8 heteroatoms. The molecule has 0 spiro atoms. The summed E-state index contributed by atoms with van der Waals surface area (Å²) in [7, 11) is 0. The van der Waals surface area contributed by atoms with Crippen LogP contribution in [0.5, 0.6) is 0 Å². The molecule has 1 aliphatic heterocycles. The van der Waals surface area contributed by atoms with Gasteiger partial charge < -0.3 is 10.2 Å². The van der Waals surface area contributed by atoms with Gasteiger partial charge in [-0.25, -0.2) is 0 Å². The third-order valence-electron chi connectivity index (χ3n) is 4.40. The zero-order chi connectivity index (χ0) is 18.7. The average molecular weight is 366 g/mol. The zero-order valence-corrected chi connectivity index (χ0v) is 14.5. The number of nitrogens with one attached hydrogen (secondary N) is 2. The molecule has 2 heterocycles. The number of benzene rings is 1. The Balaban J connectivity index is 1.88. The van der Waals surface area contributed by atoms with Gasteiger partial charge >= 0.3 is 6.18 Å². The Morgan fingerprint density at radius 1 is 1.27 bits per heavy atom. The van der Waals surface area contributed by atoms with E-state index in [0.29, 0.717) is 5.69 Å². The van der Waals surface area contributed by atoms with Crippen LogP contribution in [0.15, 0.2) is 24.3 Å². The van der Waals surface area contributed by atoms with Crippen LogP contribution in [0.3, 0.4) is 0 Å². The summed E-state index contributed by atoms with van der Waals surface area (Å²) in [6.07, 6.45) is -0.856. The lowest BCUT2D eigenvalue weighted by Crippen LogP contribution is -2.22. The molecule has 0 bridgehead atoms. The van der Waals surface area contributed by atoms with Crippen LogP contribution in [-0.4, -0.2) is 29.2 Å². The maximum atomic E-state index is 13.1. The molecule has 26 heavy (non-hydrogen) atoms. The molecule has 0 aliphatic carbocycles. The third kappa shape index (κ3) is 4.00. The summed E-state index contributed by atoms with van der Waals surface area (Å²) >= 11 is 0. The Morgan fingerprint density at radius 3 is 2.65 bits per heavy atom. The Bertz CT molecular complexity index is 779. The normalized spacial score (nSPS) is 14.7. The molecule has 0 atom stereocenters. The van der Waals surface area contributed by atoms with Crippen molar-refractivity contribution in [3.8, 4) is 0 Å². The summed E-state index contributed by atoms with van der Waals surface area (Å²) in [5.74, 6) is -0.525. The number of aromatic amines is 1. The number of amides is 1. The van der Waals surface area contributed by atoms with Crippen LogP contribution in [0.25, 0.3) is 0 Å². The van der Waals surface area contributed by atoms with Crippen molar-refractivity contribution >= 4 is 17.3 Å². The van der Waals surface area contributed by atoms with Crippen LogP contribution in [0.1, 0.15) is 47.9 Å². The fraction of sp³-hybridized carbons (Fsp3) is 0.444. The van der Waals surface area contributed by atoms with Gasteiger partial charge in [0.25, 0.3) is 5.91 Å². The van der Waals surface area contributed by atoms with Gasteiger partial charge in [0, 0.05) is 18.8 Å². The highest BCUT2D eigenvalue weighted by atomic mass is 19.4. The molecule has 5 nitrogen and oxygen atoms in total. The van der Waals surface area contributed by atoms with Gasteiger partial charge in [0.1, 0.15) is 0 Å². The maximum Gasteiger partial charge on any atom is 0.416 e. The second-order valence-electron chi connectivity index (χ2n) is 6.41. The molecule has 1 amide bonds. The van der Waals surface area contributed by atoms with Crippen LogP contribution in [0, 0.1) is 0 Å². The average Bonchev–Trinajstić information content (AvgIpc) is 3.26. The van der Waals surface area contributed by atoms with Crippen LogP contribution >= 0.6 is 0 Å². The van der Waals surface area contributed by atoms with Gasteiger partial charge in [-0.3, -0.25) is 9.89 Å². The Morgan fingerprint density at radius 2 is 2.00 bits per heavy atom. The van der Waals surface area contributed by atoms with E-state index in [1.165, 1.54) is 6.07 Å². The van der Waals surface area contributed by atoms with Crippen LogP contribution in [0.2, 0.25) is 0 Å². The minimum absolute atomic E-state index is 0.159. The Hall–Kier alpha value is -2.51. The Kier molecular flexibility index (Phi) is 5.20. The van der Waals surface area contributed by atoms with Crippen molar-refractivity contribution in [2.75, 3.05) is 23.3 Å². The van der Waals surface area contributed by atoms with Gasteiger partial charge in [-0.1, -0.05) is 13.3 Å². The summed E-state index contributed by atoms with van der Waals surface area (Å²) < 4.78 is 39.2. The van der Waals surface area contributed by atoms with E-state index in [1.54, 1.807) is 6.07 Å². The molecular formula is C18H21F3N4O. The first-order chi connectivity index (χ1) is 12.4.